The first kappa shape index (κ1) is 18.7. The highest BCUT2D eigenvalue weighted by molar-refractivity contribution is 5.92. The van der Waals surface area contributed by atoms with Gasteiger partial charge in [-0.3, -0.25) is 0 Å². The van der Waals surface area contributed by atoms with Crippen molar-refractivity contribution in [2.24, 2.45) is 0 Å². The highest BCUT2D eigenvalue weighted by Crippen LogP contribution is 2.35. The second-order valence-corrected chi connectivity index (χ2v) is 6.41. The van der Waals surface area contributed by atoms with Crippen LogP contribution in [0.25, 0.3) is 22.3 Å². The summed E-state index contributed by atoms with van der Waals surface area (Å²) in [6, 6.07) is 17.3. The molecule has 0 fully saturated rings. The Bertz CT molecular complexity index is 959. The Morgan fingerprint density at radius 2 is 1.56 bits per heavy atom. The molecule has 0 saturated carbocycles. The van der Waals surface area contributed by atoms with Crippen molar-refractivity contribution in [3.8, 4) is 11.1 Å². The molecule has 2 aromatic rings. The molecular formula is C27H26. The number of benzene rings is 2. The fourth-order valence-corrected chi connectivity index (χ4v) is 3.31. The lowest BCUT2D eigenvalue weighted by Crippen LogP contribution is -1.92. The van der Waals surface area contributed by atoms with Crippen LogP contribution in [0.5, 0.6) is 0 Å². The van der Waals surface area contributed by atoms with E-state index in [1.54, 1.807) is 0 Å². The van der Waals surface area contributed by atoms with Gasteiger partial charge in [0.25, 0.3) is 0 Å². The van der Waals surface area contributed by atoms with Gasteiger partial charge < -0.3 is 0 Å². The monoisotopic (exact) mass is 350 g/mol. The van der Waals surface area contributed by atoms with Crippen LogP contribution >= 0.6 is 0 Å². The van der Waals surface area contributed by atoms with Crippen molar-refractivity contribution in [2.75, 3.05) is 0 Å². The van der Waals surface area contributed by atoms with Gasteiger partial charge in [0.05, 0.1) is 0 Å². The molecule has 0 nitrogen and oxygen atoms in total. The lowest BCUT2D eigenvalue weighted by Gasteiger charge is -2.15. The van der Waals surface area contributed by atoms with Gasteiger partial charge >= 0.3 is 0 Å². The average molecular weight is 351 g/mol. The smallest absolute Gasteiger partial charge is 0.00992 e. The van der Waals surface area contributed by atoms with E-state index in [2.05, 4.69) is 110 Å². The predicted molar refractivity (Wildman–Crippen MR) is 120 cm³/mol. The summed E-state index contributed by atoms with van der Waals surface area (Å²) in [5.74, 6) is 0. The Balaban J connectivity index is 2.14. The summed E-state index contributed by atoms with van der Waals surface area (Å²) < 4.78 is 0. The van der Waals surface area contributed by atoms with E-state index < -0.39 is 0 Å². The van der Waals surface area contributed by atoms with E-state index in [9.17, 15) is 0 Å². The third-order valence-electron chi connectivity index (χ3n) is 4.64. The van der Waals surface area contributed by atoms with E-state index in [0.717, 1.165) is 6.42 Å². The zero-order valence-corrected chi connectivity index (χ0v) is 16.1. The van der Waals surface area contributed by atoms with Gasteiger partial charge in [0.15, 0.2) is 0 Å². The van der Waals surface area contributed by atoms with Crippen LogP contribution in [-0.4, -0.2) is 0 Å². The molecule has 0 atom stereocenters. The summed E-state index contributed by atoms with van der Waals surface area (Å²) in [6.45, 7) is 4.13. The number of hydrogen-bond donors (Lipinski definition) is 0. The van der Waals surface area contributed by atoms with Gasteiger partial charge in [0.1, 0.15) is 0 Å². The zero-order chi connectivity index (χ0) is 18.9. The molecule has 2 aromatic carbocycles. The molecule has 0 N–H and O–H groups in total. The van der Waals surface area contributed by atoms with Gasteiger partial charge in [-0.15, -0.1) is 0 Å². The molecule has 27 heavy (non-hydrogen) atoms. The molecule has 0 heteroatoms. The summed E-state index contributed by atoms with van der Waals surface area (Å²) in [4.78, 5) is 0. The topological polar surface area (TPSA) is 0 Å². The first-order valence-electron chi connectivity index (χ1n) is 9.53. The van der Waals surface area contributed by atoms with Crippen molar-refractivity contribution in [1.82, 2.24) is 0 Å². The van der Waals surface area contributed by atoms with Crippen molar-refractivity contribution < 1.29 is 0 Å². The summed E-state index contributed by atoms with van der Waals surface area (Å²) in [5, 5.41) is 0. The number of rotatable bonds is 5. The minimum Gasteiger partial charge on any atom is -0.0877 e. The van der Waals surface area contributed by atoms with E-state index in [-0.39, 0.29) is 0 Å². The van der Waals surface area contributed by atoms with Crippen LogP contribution in [0.4, 0.5) is 0 Å². The number of allylic oxidation sites excluding steroid dienone is 12. The van der Waals surface area contributed by atoms with Crippen LogP contribution < -0.4 is 0 Å². The van der Waals surface area contributed by atoms with Gasteiger partial charge in [0.2, 0.25) is 0 Å². The number of hydrogen-bond acceptors (Lipinski definition) is 0. The van der Waals surface area contributed by atoms with Crippen LogP contribution in [0.2, 0.25) is 0 Å². The van der Waals surface area contributed by atoms with Gasteiger partial charge in [0, 0.05) is 0 Å². The fourth-order valence-electron chi connectivity index (χ4n) is 3.31. The molecule has 0 spiro atoms. The van der Waals surface area contributed by atoms with Crippen molar-refractivity contribution in [1.29, 1.82) is 0 Å². The fraction of sp³-hybridized carbons (Fsp3) is 0.111. The Labute approximate surface area is 163 Å². The predicted octanol–water partition coefficient (Wildman–Crippen LogP) is 7.79. The molecule has 1 aliphatic rings. The van der Waals surface area contributed by atoms with E-state index in [1.807, 2.05) is 13.0 Å². The zero-order valence-electron chi connectivity index (χ0n) is 16.1. The van der Waals surface area contributed by atoms with Crippen molar-refractivity contribution >= 4 is 11.1 Å². The summed E-state index contributed by atoms with van der Waals surface area (Å²) in [7, 11) is 0. The molecule has 0 amide bonds. The second kappa shape index (κ2) is 9.54. The molecule has 1 aliphatic carbocycles. The minimum atomic E-state index is 0.983. The molecule has 0 heterocycles. The van der Waals surface area contributed by atoms with Crippen molar-refractivity contribution in [2.45, 2.75) is 20.3 Å². The van der Waals surface area contributed by atoms with Crippen LogP contribution in [0.15, 0.2) is 109 Å². The first-order valence-corrected chi connectivity index (χ1v) is 9.53. The lowest BCUT2D eigenvalue weighted by molar-refractivity contribution is 1.41. The van der Waals surface area contributed by atoms with Gasteiger partial charge in [-0.25, -0.2) is 0 Å². The third kappa shape index (κ3) is 4.54. The molecular weight excluding hydrogens is 324 g/mol. The average Bonchev–Trinajstić information content (AvgIpc) is 3.01. The first-order chi connectivity index (χ1) is 13.3. The normalized spacial score (nSPS) is 14.7. The van der Waals surface area contributed by atoms with Crippen LogP contribution in [-0.2, 0) is 0 Å². The third-order valence-corrected chi connectivity index (χ3v) is 4.64. The summed E-state index contributed by atoms with van der Waals surface area (Å²) in [5.41, 5.74) is 7.51. The van der Waals surface area contributed by atoms with Crippen LogP contribution in [0.3, 0.4) is 0 Å². The summed E-state index contributed by atoms with van der Waals surface area (Å²) in [6.07, 6.45) is 22.5. The molecule has 0 aliphatic heterocycles. The van der Waals surface area contributed by atoms with Crippen molar-refractivity contribution in [3.05, 3.63) is 120 Å². The Morgan fingerprint density at radius 3 is 2.33 bits per heavy atom. The Morgan fingerprint density at radius 1 is 0.815 bits per heavy atom. The highest BCUT2D eigenvalue weighted by atomic mass is 14.2. The van der Waals surface area contributed by atoms with E-state index >= 15 is 0 Å². The van der Waals surface area contributed by atoms with Gasteiger partial charge in [-0.2, -0.15) is 0 Å². The van der Waals surface area contributed by atoms with Gasteiger partial charge in [-0.05, 0) is 53.7 Å². The maximum Gasteiger partial charge on any atom is -0.00992 e. The molecule has 0 saturated heterocycles. The molecule has 0 unspecified atom stereocenters. The van der Waals surface area contributed by atoms with E-state index in [4.69, 9.17) is 0 Å². The quantitative estimate of drug-likeness (QED) is 0.483. The van der Waals surface area contributed by atoms with Gasteiger partial charge in [-0.1, -0.05) is 109 Å². The van der Waals surface area contributed by atoms with E-state index in [0.29, 0.717) is 0 Å². The highest BCUT2D eigenvalue weighted by Gasteiger charge is 2.12. The van der Waals surface area contributed by atoms with E-state index in [1.165, 1.54) is 33.4 Å². The Hall–Kier alpha value is -3.12. The van der Waals surface area contributed by atoms with Crippen LogP contribution in [0.1, 0.15) is 31.4 Å². The lowest BCUT2D eigenvalue weighted by atomic mass is 9.89. The molecule has 0 radical (unpaired) electrons. The molecule has 134 valence electrons. The molecule has 0 aromatic heterocycles. The SMILES string of the molecule is C\C=C/C=C\C(=C/C)c1ccccc1-c1ccccc1C1=CC=CCC=C1. The maximum absolute atomic E-state index is 2.23. The van der Waals surface area contributed by atoms with Crippen molar-refractivity contribution in [3.63, 3.8) is 0 Å². The molecule has 0 bridgehead atoms. The standard InChI is InChI=1S/C27H26/c1-3-5-8-15-22(4-2)24-18-11-13-20-26(24)27-21-14-12-19-25(27)23-16-9-6-7-10-17-23/h3-6,8-21H,7H2,1-2H3/b5-3-,15-8-,22-4+. The maximum atomic E-state index is 2.23. The summed E-state index contributed by atoms with van der Waals surface area (Å²) >= 11 is 0. The Kier molecular flexibility index (Phi) is 6.60. The second-order valence-electron chi connectivity index (χ2n) is 6.41. The van der Waals surface area contributed by atoms with Crippen LogP contribution in [0, 0.1) is 0 Å². The minimum absolute atomic E-state index is 0.983. The molecule has 3 rings (SSSR count). The largest absolute Gasteiger partial charge is 0.0877 e.